The summed E-state index contributed by atoms with van der Waals surface area (Å²) in [5.41, 5.74) is 7.38. The molecule has 0 saturated carbocycles. The quantitative estimate of drug-likeness (QED) is 0.518. The fraction of sp³-hybridized carbons (Fsp3) is 0.250. The Bertz CT molecular complexity index is 1020. The van der Waals surface area contributed by atoms with Gasteiger partial charge in [-0.25, -0.2) is 10.4 Å². The van der Waals surface area contributed by atoms with Crippen molar-refractivity contribution in [2.24, 2.45) is 5.10 Å². The standard InChI is InChI=1S/C20H23N5O2/c1-5-27-18-8-6-17(7-9-18)25-14(3)11-16(15(25)4)12-21-24-20-22-13(2)10-19(26)23-20/h6-12H,5H2,1-4H3,(H2,22,23,24,26)/b21-12+. The van der Waals surface area contributed by atoms with Gasteiger partial charge in [-0.1, -0.05) is 0 Å². The van der Waals surface area contributed by atoms with E-state index in [9.17, 15) is 4.79 Å². The first kappa shape index (κ1) is 18.4. The average molecular weight is 365 g/mol. The van der Waals surface area contributed by atoms with Gasteiger partial charge in [0.2, 0.25) is 5.95 Å². The molecule has 27 heavy (non-hydrogen) atoms. The molecule has 0 radical (unpaired) electrons. The van der Waals surface area contributed by atoms with E-state index in [1.54, 1.807) is 13.1 Å². The third kappa shape index (κ3) is 4.25. The lowest BCUT2D eigenvalue weighted by Gasteiger charge is -2.10. The van der Waals surface area contributed by atoms with E-state index in [1.807, 2.05) is 45.0 Å². The van der Waals surface area contributed by atoms with Crippen molar-refractivity contribution in [2.45, 2.75) is 27.7 Å². The number of benzene rings is 1. The molecule has 0 fully saturated rings. The number of H-pyrrole nitrogens is 1. The second-order valence-corrected chi connectivity index (χ2v) is 6.19. The van der Waals surface area contributed by atoms with Gasteiger partial charge in [-0.15, -0.1) is 0 Å². The van der Waals surface area contributed by atoms with Crippen LogP contribution in [-0.4, -0.2) is 27.4 Å². The molecular weight excluding hydrogens is 342 g/mol. The number of aromatic amines is 1. The Morgan fingerprint density at radius 3 is 2.63 bits per heavy atom. The van der Waals surface area contributed by atoms with E-state index in [2.05, 4.69) is 31.1 Å². The maximum atomic E-state index is 11.5. The molecule has 7 heteroatoms. The predicted octanol–water partition coefficient (Wildman–Crippen LogP) is 3.33. The van der Waals surface area contributed by atoms with Crippen molar-refractivity contribution in [1.29, 1.82) is 0 Å². The summed E-state index contributed by atoms with van der Waals surface area (Å²) in [6.45, 7) is 8.46. The van der Waals surface area contributed by atoms with Gasteiger partial charge in [0.15, 0.2) is 0 Å². The number of nitrogens with one attached hydrogen (secondary N) is 2. The van der Waals surface area contributed by atoms with E-state index in [-0.39, 0.29) is 5.56 Å². The molecule has 0 amide bonds. The third-order valence-corrected chi connectivity index (χ3v) is 4.12. The SMILES string of the molecule is CCOc1ccc(-n2c(C)cc(/C=N/Nc3nc(C)cc(=O)[nH]3)c2C)cc1. The Balaban J connectivity index is 1.81. The topological polar surface area (TPSA) is 84.3 Å². The molecule has 0 aliphatic carbocycles. The van der Waals surface area contributed by atoms with Gasteiger partial charge in [-0.2, -0.15) is 5.10 Å². The number of hydrogen-bond acceptors (Lipinski definition) is 5. The number of aryl methyl sites for hydroxylation is 2. The number of rotatable bonds is 6. The summed E-state index contributed by atoms with van der Waals surface area (Å²) < 4.78 is 7.66. The highest BCUT2D eigenvalue weighted by molar-refractivity contribution is 5.82. The maximum absolute atomic E-state index is 11.5. The third-order valence-electron chi connectivity index (χ3n) is 4.12. The summed E-state index contributed by atoms with van der Waals surface area (Å²) in [7, 11) is 0. The van der Waals surface area contributed by atoms with Gasteiger partial charge in [-0.05, 0) is 58.0 Å². The minimum Gasteiger partial charge on any atom is -0.494 e. The van der Waals surface area contributed by atoms with Crippen LogP contribution in [0.2, 0.25) is 0 Å². The highest BCUT2D eigenvalue weighted by atomic mass is 16.5. The highest BCUT2D eigenvalue weighted by Gasteiger charge is 2.09. The van der Waals surface area contributed by atoms with Crippen molar-refractivity contribution in [3.8, 4) is 11.4 Å². The molecule has 0 unspecified atom stereocenters. The number of nitrogens with zero attached hydrogens (tertiary/aromatic N) is 3. The molecule has 0 bridgehead atoms. The van der Waals surface area contributed by atoms with Gasteiger partial charge in [0.25, 0.3) is 5.56 Å². The summed E-state index contributed by atoms with van der Waals surface area (Å²) in [6.07, 6.45) is 1.72. The minimum absolute atomic E-state index is 0.214. The number of hydrazone groups is 1. The van der Waals surface area contributed by atoms with Gasteiger partial charge >= 0.3 is 0 Å². The summed E-state index contributed by atoms with van der Waals surface area (Å²) in [4.78, 5) is 18.3. The second-order valence-electron chi connectivity index (χ2n) is 6.19. The molecule has 2 aromatic heterocycles. The Morgan fingerprint density at radius 1 is 1.22 bits per heavy atom. The molecule has 7 nitrogen and oxygen atoms in total. The van der Waals surface area contributed by atoms with Gasteiger partial charge in [0, 0.05) is 34.4 Å². The monoisotopic (exact) mass is 365 g/mol. The van der Waals surface area contributed by atoms with Gasteiger partial charge in [-0.3, -0.25) is 9.78 Å². The summed E-state index contributed by atoms with van der Waals surface area (Å²) in [5.74, 6) is 1.17. The van der Waals surface area contributed by atoms with Crippen LogP contribution in [0.1, 0.15) is 29.6 Å². The van der Waals surface area contributed by atoms with Crippen molar-refractivity contribution >= 4 is 12.2 Å². The number of anilines is 1. The summed E-state index contributed by atoms with van der Waals surface area (Å²) in [6, 6.07) is 11.5. The average Bonchev–Trinajstić information content (AvgIpc) is 2.89. The van der Waals surface area contributed by atoms with E-state index < -0.39 is 0 Å². The van der Waals surface area contributed by atoms with Crippen LogP contribution in [-0.2, 0) is 0 Å². The lowest BCUT2D eigenvalue weighted by atomic mass is 10.2. The molecule has 1 aromatic carbocycles. The predicted molar refractivity (Wildman–Crippen MR) is 107 cm³/mol. The molecular formula is C20H23N5O2. The van der Waals surface area contributed by atoms with Crippen LogP contribution in [0.25, 0.3) is 5.69 Å². The van der Waals surface area contributed by atoms with Crippen LogP contribution in [0.4, 0.5) is 5.95 Å². The van der Waals surface area contributed by atoms with E-state index in [0.717, 1.165) is 28.4 Å². The van der Waals surface area contributed by atoms with E-state index in [4.69, 9.17) is 4.74 Å². The second kappa shape index (κ2) is 7.90. The Morgan fingerprint density at radius 2 is 1.96 bits per heavy atom. The van der Waals surface area contributed by atoms with Crippen LogP contribution in [0.15, 0.2) is 46.3 Å². The maximum Gasteiger partial charge on any atom is 0.252 e. The van der Waals surface area contributed by atoms with Crippen LogP contribution in [0, 0.1) is 20.8 Å². The molecule has 2 N–H and O–H groups in total. The molecule has 3 aromatic rings. The zero-order valence-corrected chi connectivity index (χ0v) is 15.9. The fourth-order valence-corrected chi connectivity index (χ4v) is 2.97. The largest absolute Gasteiger partial charge is 0.494 e. The molecule has 0 aliphatic rings. The highest BCUT2D eigenvalue weighted by Crippen LogP contribution is 2.22. The van der Waals surface area contributed by atoms with E-state index in [1.165, 1.54) is 6.07 Å². The fourth-order valence-electron chi connectivity index (χ4n) is 2.97. The zero-order chi connectivity index (χ0) is 19.4. The smallest absolute Gasteiger partial charge is 0.252 e. The molecule has 2 heterocycles. The van der Waals surface area contributed by atoms with Crippen LogP contribution >= 0.6 is 0 Å². The van der Waals surface area contributed by atoms with E-state index in [0.29, 0.717) is 18.2 Å². The van der Waals surface area contributed by atoms with Gasteiger partial charge < -0.3 is 9.30 Å². The van der Waals surface area contributed by atoms with Crippen LogP contribution < -0.4 is 15.7 Å². The molecule has 0 aliphatic heterocycles. The summed E-state index contributed by atoms with van der Waals surface area (Å²) >= 11 is 0. The summed E-state index contributed by atoms with van der Waals surface area (Å²) in [5, 5.41) is 4.20. The number of hydrogen-bond donors (Lipinski definition) is 2. The van der Waals surface area contributed by atoms with Crippen LogP contribution in [0.3, 0.4) is 0 Å². The first-order chi connectivity index (χ1) is 13.0. The molecule has 0 spiro atoms. The molecule has 3 rings (SSSR count). The van der Waals surface area contributed by atoms with Crippen molar-refractivity contribution in [3.05, 3.63) is 69.4 Å². The molecule has 140 valence electrons. The Kier molecular flexibility index (Phi) is 5.40. The van der Waals surface area contributed by atoms with Crippen molar-refractivity contribution in [3.63, 3.8) is 0 Å². The van der Waals surface area contributed by atoms with Gasteiger partial charge in [0.1, 0.15) is 5.75 Å². The lowest BCUT2D eigenvalue weighted by molar-refractivity contribution is 0.340. The first-order valence-electron chi connectivity index (χ1n) is 8.77. The van der Waals surface area contributed by atoms with Gasteiger partial charge in [0.05, 0.1) is 12.8 Å². The molecule has 0 saturated heterocycles. The van der Waals surface area contributed by atoms with Crippen molar-refractivity contribution in [2.75, 3.05) is 12.0 Å². The normalized spacial score (nSPS) is 11.1. The molecule has 0 atom stereocenters. The Labute approximate surface area is 157 Å². The number of aromatic nitrogens is 3. The van der Waals surface area contributed by atoms with Crippen molar-refractivity contribution in [1.82, 2.24) is 14.5 Å². The van der Waals surface area contributed by atoms with Crippen molar-refractivity contribution < 1.29 is 4.74 Å². The zero-order valence-electron chi connectivity index (χ0n) is 15.9. The van der Waals surface area contributed by atoms with Crippen LogP contribution in [0.5, 0.6) is 5.75 Å². The van der Waals surface area contributed by atoms with E-state index >= 15 is 0 Å². The minimum atomic E-state index is -0.214. The lowest BCUT2D eigenvalue weighted by Crippen LogP contribution is -2.10. The first-order valence-corrected chi connectivity index (χ1v) is 8.77. The number of ether oxygens (including phenoxy) is 1. The Hall–Kier alpha value is -3.35.